The van der Waals surface area contributed by atoms with Crippen molar-refractivity contribution in [3.8, 4) is 0 Å². The molecule has 2 amide bonds. The van der Waals surface area contributed by atoms with Gasteiger partial charge in [0, 0.05) is 19.5 Å². The molecule has 2 aliphatic rings. The first-order chi connectivity index (χ1) is 13.5. The highest BCUT2D eigenvalue weighted by atomic mass is 19.1. The van der Waals surface area contributed by atoms with Gasteiger partial charge in [0.2, 0.25) is 11.8 Å². The Labute approximate surface area is 164 Å². The van der Waals surface area contributed by atoms with Gasteiger partial charge in [-0.3, -0.25) is 9.59 Å². The van der Waals surface area contributed by atoms with Gasteiger partial charge >= 0.3 is 0 Å². The Morgan fingerprint density at radius 1 is 1.14 bits per heavy atom. The lowest BCUT2D eigenvalue weighted by atomic mass is 9.89. The molecule has 1 aliphatic carbocycles. The number of aryl methyl sites for hydroxylation is 1. The second kappa shape index (κ2) is 7.74. The van der Waals surface area contributed by atoms with E-state index >= 15 is 0 Å². The summed E-state index contributed by atoms with van der Waals surface area (Å²) in [7, 11) is 0. The molecule has 4 nitrogen and oxygen atoms in total. The number of nitrogens with zero attached hydrogens (tertiary/aromatic N) is 1. The van der Waals surface area contributed by atoms with E-state index < -0.39 is 6.04 Å². The maximum absolute atomic E-state index is 13.3. The topological polar surface area (TPSA) is 49.4 Å². The summed E-state index contributed by atoms with van der Waals surface area (Å²) in [6.07, 6.45) is 2.69. The van der Waals surface area contributed by atoms with E-state index in [0.717, 1.165) is 12.8 Å². The van der Waals surface area contributed by atoms with E-state index in [0.29, 0.717) is 31.0 Å². The average Bonchev–Trinajstić information content (AvgIpc) is 3.52. The summed E-state index contributed by atoms with van der Waals surface area (Å²) in [4.78, 5) is 27.4. The average molecular weight is 380 g/mol. The summed E-state index contributed by atoms with van der Waals surface area (Å²) in [5.74, 6) is 0.152. The maximum Gasteiger partial charge on any atom is 0.247 e. The zero-order valence-corrected chi connectivity index (χ0v) is 16.0. The second-order valence-corrected chi connectivity index (χ2v) is 7.89. The van der Waals surface area contributed by atoms with Crippen LogP contribution in [0, 0.1) is 18.7 Å². The molecule has 2 atom stereocenters. The van der Waals surface area contributed by atoms with Crippen LogP contribution in [-0.4, -0.2) is 29.8 Å². The molecule has 0 aromatic heterocycles. The maximum atomic E-state index is 13.3. The lowest BCUT2D eigenvalue weighted by Crippen LogP contribution is -2.52. The third-order valence-corrected chi connectivity index (χ3v) is 5.81. The first-order valence-corrected chi connectivity index (χ1v) is 9.92. The number of halogens is 1. The summed E-state index contributed by atoms with van der Waals surface area (Å²) >= 11 is 0. The molecule has 4 rings (SSSR count). The van der Waals surface area contributed by atoms with E-state index in [2.05, 4.69) is 36.5 Å². The smallest absolute Gasteiger partial charge is 0.247 e. The molecule has 0 bridgehead atoms. The molecule has 28 heavy (non-hydrogen) atoms. The van der Waals surface area contributed by atoms with Crippen LogP contribution in [0.2, 0.25) is 0 Å². The minimum atomic E-state index is -0.695. The second-order valence-electron chi connectivity index (χ2n) is 7.89. The van der Waals surface area contributed by atoms with Gasteiger partial charge in [-0.1, -0.05) is 42.0 Å². The van der Waals surface area contributed by atoms with Gasteiger partial charge in [0.15, 0.2) is 0 Å². The molecule has 1 aliphatic heterocycles. The lowest BCUT2D eigenvalue weighted by molar-refractivity contribution is -0.144. The van der Waals surface area contributed by atoms with E-state index in [-0.39, 0.29) is 23.5 Å². The fourth-order valence-corrected chi connectivity index (χ4v) is 4.09. The van der Waals surface area contributed by atoms with E-state index in [1.54, 1.807) is 17.0 Å². The van der Waals surface area contributed by atoms with Gasteiger partial charge in [-0.05, 0) is 54.9 Å². The first-order valence-electron chi connectivity index (χ1n) is 9.92. The molecule has 146 valence electrons. The van der Waals surface area contributed by atoms with E-state index in [9.17, 15) is 14.0 Å². The summed E-state index contributed by atoms with van der Waals surface area (Å²) < 4.78 is 13.3. The number of piperazine rings is 1. The summed E-state index contributed by atoms with van der Waals surface area (Å²) in [5.41, 5.74) is 3.04. The van der Waals surface area contributed by atoms with Crippen LogP contribution in [-0.2, 0) is 9.59 Å². The molecule has 2 unspecified atom stereocenters. The number of hydrogen-bond acceptors (Lipinski definition) is 2. The van der Waals surface area contributed by atoms with Crippen molar-refractivity contribution in [3.63, 3.8) is 0 Å². The van der Waals surface area contributed by atoms with Crippen LogP contribution in [0.1, 0.15) is 47.9 Å². The zero-order valence-electron chi connectivity index (χ0n) is 16.0. The third-order valence-electron chi connectivity index (χ3n) is 5.81. The minimum absolute atomic E-state index is 0.0124. The molecule has 1 saturated carbocycles. The molecule has 5 heteroatoms. The number of carbonyl (C=O) groups excluding carboxylic acids is 2. The standard InChI is InChI=1S/C23H25FN2O2/c1-15-2-4-16(5-3-15)20(17-6-7-17)14-21(27)26-13-12-25-23(28)22(26)18-8-10-19(24)11-9-18/h2-5,8-11,17,20,22H,6-7,12-14H2,1H3,(H,25,28). The predicted octanol–water partition coefficient (Wildman–Crippen LogP) is 3.72. The van der Waals surface area contributed by atoms with Crippen LogP contribution >= 0.6 is 0 Å². The normalized spacial score (nSPS) is 20.6. The molecule has 0 radical (unpaired) electrons. The molecular formula is C23H25FN2O2. The molecular weight excluding hydrogens is 355 g/mol. The van der Waals surface area contributed by atoms with Crippen LogP contribution < -0.4 is 5.32 Å². The quantitative estimate of drug-likeness (QED) is 0.860. The van der Waals surface area contributed by atoms with Crippen molar-refractivity contribution in [3.05, 3.63) is 71.0 Å². The third kappa shape index (κ3) is 3.93. The molecule has 2 aromatic rings. The number of amides is 2. The van der Waals surface area contributed by atoms with Gasteiger partial charge in [0.05, 0.1) is 0 Å². The molecule has 1 saturated heterocycles. The molecule has 1 heterocycles. The SMILES string of the molecule is Cc1ccc(C(CC(=O)N2CCNC(=O)C2c2ccc(F)cc2)C2CC2)cc1. The van der Waals surface area contributed by atoms with Crippen molar-refractivity contribution < 1.29 is 14.0 Å². The van der Waals surface area contributed by atoms with Crippen molar-refractivity contribution in [1.29, 1.82) is 0 Å². The monoisotopic (exact) mass is 380 g/mol. The van der Waals surface area contributed by atoms with Crippen molar-refractivity contribution in [2.24, 2.45) is 5.92 Å². The number of hydrogen-bond donors (Lipinski definition) is 1. The highest BCUT2D eigenvalue weighted by Crippen LogP contribution is 2.45. The first kappa shape index (κ1) is 18.7. The largest absolute Gasteiger partial charge is 0.352 e. The number of rotatable bonds is 5. The highest BCUT2D eigenvalue weighted by molar-refractivity contribution is 5.90. The van der Waals surface area contributed by atoms with E-state index in [4.69, 9.17) is 0 Å². The number of nitrogens with one attached hydrogen (secondary N) is 1. The lowest BCUT2D eigenvalue weighted by Gasteiger charge is -2.36. The Morgan fingerprint density at radius 2 is 1.82 bits per heavy atom. The fourth-order valence-electron chi connectivity index (χ4n) is 4.09. The van der Waals surface area contributed by atoms with Gasteiger partial charge in [-0.25, -0.2) is 4.39 Å². The Hall–Kier alpha value is -2.69. The van der Waals surface area contributed by atoms with Crippen LogP contribution in [0.3, 0.4) is 0 Å². The molecule has 2 fully saturated rings. The highest BCUT2D eigenvalue weighted by Gasteiger charge is 2.38. The Bertz CT molecular complexity index is 859. The number of carbonyl (C=O) groups is 2. The fraction of sp³-hybridized carbons (Fsp3) is 0.391. The summed E-state index contributed by atoms with van der Waals surface area (Å²) in [5, 5.41) is 2.83. The minimum Gasteiger partial charge on any atom is -0.352 e. The van der Waals surface area contributed by atoms with Gasteiger partial charge in [-0.2, -0.15) is 0 Å². The molecule has 1 N–H and O–H groups in total. The van der Waals surface area contributed by atoms with Gasteiger partial charge < -0.3 is 10.2 Å². The van der Waals surface area contributed by atoms with Crippen molar-refractivity contribution in [1.82, 2.24) is 10.2 Å². The predicted molar refractivity (Wildman–Crippen MR) is 105 cm³/mol. The Kier molecular flexibility index (Phi) is 5.16. The van der Waals surface area contributed by atoms with Crippen LogP contribution in [0.15, 0.2) is 48.5 Å². The van der Waals surface area contributed by atoms with Gasteiger partial charge in [-0.15, -0.1) is 0 Å². The summed E-state index contributed by atoms with van der Waals surface area (Å²) in [6, 6.07) is 13.6. The Morgan fingerprint density at radius 3 is 2.46 bits per heavy atom. The van der Waals surface area contributed by atoms with Gasteiger partial charge in [0.1, 0.15) is 11.9 Å². The van der Waals surface area contributed by atoms with Crippen LogP contribution in [0.4, 0.5) is 4.39 Å². The number of benzene rings is 2. The Balaban J connectivity index is 1.56. The van der Waals surface area contributed by atoms with E-state index in [1.807, 2.05) is 0 Å². The van der Waals surface area contributed by atoms with Crippen LogP contribution in [0.25, 0.3) is 0 Å². The molecule has 0 spiro atoms. The summed E-state index contributed by atoms with van der Waals surface area (Å²) in [6.45, 7) is 2.97. The zero-order chi connectivity index (χ0) is 19.7. The van der Waals surface area contributed by atoms with E-state index in [1.165, 1.54) is 23.3 Å². The molecule has 2 aromatic carbocycles. The van der Waals surface area contributed by atoms with Crippen molar-refractivity contribution in [2.45, 2.75) is 38.1 Å². The van der Waals surface area contributed by atoms with Gasteiger partial charge in [0.25, 0.3) is 0 Å². The van der Waals surface area contributed by atoms with Crippen molar-refractivity contribution >= 4 is 11.8 Å². The van der Waals surface area contributed by atoms with Crippen LogP contribution in [0.5, 0.6) is 0 Å². The van der Waals surface area contributed by atoms with Crippen molar-refractivity contribution in [2.75, 3.05) is 13.1 Å².